The van der Waals surface area contributed by atoms with Crippen LogP contribution in [0.15, 0.2) is 71.9 Å². The van der Waals surface area contributed by atoms with Gasteiger partial charge in [-0.15, -0.1) is 0 Å². The number of aryl methyl sites for hydroxylation is 1. The molecule has 2 aromatic heterocycles. The standard InChI is InChI=1S/C28H27N5O4S/c29-16-21-3-2-12-32(21)14-10-25(31-38-26-5-1-4-24-23(26)8-11-30-24)28(36)33-13-9-19-15-22(37-18-27(34)35)7-6-20(19)17-33/h1-8,11-12,15,25,30-31H,9-10,13-14,17-18H2,(H,34,35). The summed E-state index contributed by atoms with van der Waals surface area (Å²) in [6.07, 6.45) is 4.93. The lowest BCUT2D eigenvalue weighted by Crippen LogP contribution is -2.46. The quantitative estimate of drug-likeness (QED) is 0.266. The molecule has 0 radical (unpaired) electrons. The number of aromatic amines is 1. The number of carboxylic acid groups (broad SMARTS) is 1. The Morgan fingerprint density at radius 3 is 2.92 bits per heavy atom. The lowest BCUT2D eigenvalue weighted by Gasteiger charge is -2.32. The van der Waals surface area contributed by atoms with Crippen LogP contribution in [0.1, 0.15) is 23.2 Å². The molecule has 3 heterocycles. The normalized spacial score (nSPS) is 13.6. The SMILES string of the molecule is N#Cc1cccn1CCC(NSc1cccc2[nH]ccc12)C(=O)N1CCc2cc(OCC(=O)O)ccc2C1. The number of carboxylic acids is 1. The number of carbonyl (C=O) groups excluding carboxylic acids is 1. The van der Waals surface area contributed by atoms with Gasteiger partial charge in [0.15, 0.2) is 6.61 Å². The van der Waals surface area contributed by atoms with Gasteiger partial charge in [0.2, 0.25) is 5.91 Å². The molecular weight excluding hydrogens is 502 g/mol. The zero-order valence-electron chi connectivity index (χ0n) is 20.6. The maximum atomic E-state index is 13.8. The van der Waals surface area contributed by atoms with Gasteiger partial charge >= 0.3 is 5.97 Å². The summed E-state index contributed by atoms with van der Waals surface area (Å²) in [5.41, 5.74) is 3.67. The minimum absolute atomic E-state index is 0.00117. The maximum Gasteiger partial charge on any atom is 0.341 e. The van der Waals surface area contributed by atoms with E-state index in [-0.39, 0.29) is 12.5 Å². The van der Waals surface area contributed by atoms with Crippen LogP contribution in [-0.4, -0.2) is 50.6 Å². The molecule has 1 atom stereocenters. The molecule has 0 saturated carbocycles. The molecule has 0 spiro atoms. The molecule has 2 aromatic carbocycles. The molecule has 194 valence electrons. The van der Waals surface area contributed by atoms with Crippen LogP contribution < -0.4 is 9.46 Å². The van der Waals surface area contributed by atoms with Crippen molar-refractivity contribution in [2.75, 3.05) is 13.2 Å². The molecular formula is C28H27N5O4S. The zero-order valence-corrected chi connectivity index (χ0v) is 21.4. The zero-order chi connectivity index (χ0) is 26.5. The van der Waals surface area contributed by atoms with Gasteiger partial charge in [0.1, 0.15) is 17.5 Å². The molecule has 1 aliphatic heterocycles. The molecule has 0 bridgehead atoms. The Morgan fingerprint density at radius 2 is 2.08 bits per heavy atom. The summed E-state index contributed by atoms with van der Waals surface area (Å²) >= 11 is 1.44. The summed E-state index contributed by atoms with van der Waals surface area (Å²) in [6.45, 7) is 1.16. The highest BCUT2D eigenvalue weighted by atomic mass is 32.2. The van der Waals surface area contributed by atoms with E-state index in [1.807, 2.05) is 64.3 Å². The fourth-order valence-electron chi connectivity index (χ4n) is 4.66. The molecule has 0 saturated heterocycles. The number of nitrogens with one attached hydrogen (secondary N) is 2. The van der Waals surface area contributed by atoms with E-state index in [4.69, 9.17) is 9.84 Å². The minimum atomic E-state index is -1.02. The maximum absolute atomic E-state index is 13.8. The number of aliphatic carboxylic acids is 1. The van der Waals surface area contributed by atoms with Crippen LogP contribution in [0, 0.1) is 11.3 Å². The van der Waals surface area contributed by atoms with Gasteiger partial charge in [-0.2, -0.15) is 5.26 Å². The lowest BCUT2D eigenvalue weighted by atomic mass is 9.98. The van der Waals surface area contributed by atoms with Gasteiger partial charge in [0, 0.05) is 47.8 Å². The van der Waals surface area contributed by atoms with Gasteiger partial charge in [-0.05, 0) is 78.4 Å². The number of carbonyl (C=O) groups is 2. The number of hydrogen-bond donors (Lipinski definition) is 3. The highest BCUT2D eigenvalue weighted by Crippen LogP contribution is 2.28. The Labute approximate surface area is 224 Å². The molecule has 1 unspecified atom stereocenters. The molecule has 0 fully saturated rings. The Kier molecular flexibility index (Phi) is 7.67. The van der Waals surface area contributed by atoms with Gasteiger partial charge < -0.3 is 24.3 Å². The average molecular weight is 530 g/mol. The van der Waals surface area contributed by atoms with E-state index in [0.717, 1.165) is 26.9 Å². The van der Waals surface area contributed by atoms with Crippen LogP contribution in [-0.2, 0) is 29.1 Å². The number of fused-ring (bicyclic) bond motifs is 2. The lowest BCUT2D eigenvalue weighted by molar-refractivity contribution is -0.139. The van der Waals surface area contributed by atoms with Crippen molar-refractivity contribution < 1.29 is 19.4 Å². The van der Waals surface area contributed by atoms with Crippen molar-refractivity contribution >= 4 is 34.7 Å². The molecule has 9 nitrogen and oxygen atoms in total. The predicted molar refractivity (Wildman–Crippen MR) is 144 cm³/mol. The van der Waals surface area contributed by atoms with Crippen molar-refractivity contribution in [3.63, 3.8) is 0 Å². The third-order valence-electron chi connectivity index (χ3n) is 6.63. The van der Waals surface area contributed by atoms with Crippen LogP contribution in [0.2, 0.25) is 0 Å². The minimum Gasteiger partial charge on any atom is -0.482 e. The first-order chi connectivity index (χ1) is 18.5. The molecule has 4 aromatic rings. The molecule has 10 heteroatoms. The first kappa shape index (κ1) is 25.4. The van der Waals surface area contributed by atoms with E-state index in [1.165, 1.54) is 11.9 Å². The predicted octanol–water partition coefficient (Wildman–Crippen LogP) is 3.94. The summed E-state index contributed by atoms with van der Waals surface area (Å²) < 4.78 is 10.6. The van der Waals surface area contributed by atoms with Gasteiger partial charge in [0.25, 0.3) is 0 Å². The average Bonchev–Trinajstić information content (AvgIpc) is 3.61. The fourth-order valence-corrected chi connectivity index (χ4v) is 5.59. The fraction of sp³-hybridized carbons (Fsp3) is 0.250. The molecule has 1 aliphatic rings. The van der Waals surface area contributed by atoms with E-state index in [9.17, 15) is 14.9 Å². The number of nitrogens with zero attached hydrogens (tertiary/aromatic N) is 3. The number of benzene rings is 2. The van der Waals surface area contributed by atoms with E-state index < -0.39 is 12.0 Å². The van der Waals surface area contributed by atoms with Crippen LogP contribution in [0.25, 0.3) is 10.9 Å². The van der Waals surface area contributed by atoms with Crippen molar-refractivity contribution in [2.45, 2.75) is 36.9 Å². The Morgan fingerprint density at radius 1 is 1.18 bits per heavy atom. The molecule has 38 heavy (non-hydrogen) atoms. The number of aromatic nitrogens is 2. The van der Waals surface area contributed by atoms with E-state index in [2.05, 4.69) is 15.8 Å². The Hall–Kier alpha value is -4.20. The third-order valence-corrected chi connectivity index (χ3v) is 7.61. The summed E-state index contributed by atoms with van der Waals surface area (Å²) in [6, 6.07) is 18.9. The van der Waals surface area contributed by atoms with Crippen molar-refractivity contribution in [1.82, 2.24) is 19.2 Å². The molecule has 0 aliphatic carbocycles. The number of H-pyrrole nitrogens is 1. The van der Waals surface area contributed by atoms with Crippen molar-refractivity contribution in [3.8, 4) is 11.8 Å². The van der Waals surface area contributed by atoms with Crippen molar-refractivity contribution in [1.29, 1.82) is 5.26 Å². The number of ether oxygens (including phenoxy) is 1. The summed E-state index contributed by atoms with van der Waals surface area (Å²) in [7, 11) is 0. The highest BCUT2D eigenvalue weighted by Gasteiger charge is 2.28. The first-order valence-corrected chi connectivity index (χ1v) is 13.1. The highest BCUT2D eigenvalue weighted by molar-refractivity contribution is 7.97. The number of hydrogen-bond acceptors (Lipinski definition) is 6. The van der Waals surface area contributed by atoms with Gasteiger partial charge in [-0.3, -0.25) is 4.79 Å². The topological polar surface area (TPSA) is 123 Å². The van der Waals surface area contributed by atoms with Crippen molar-refractivity contribution in [3.05, 3.63) is 83.8 Å². The smallest absolute Gasteiger partial charge is 0.341 e. The van der Waals surface area contributed by atoms with E-state index >= 15 is 0 Å². The second-order valence-corrected chi connectivity index (χ2v) is 9.96. The van der Waals surface area contributed by atoms with Crippen LogP contribution >= 0.6 is 11.9 Å². The second kappa shape index (κ2) is 11.5. The van der Waals surface area contributed by atoms with Gasteiger partial charge in [-0.25, -0.2) is 9.52 Å². The van der Waals surface area contributed by atoms with E-state index in [1.54, 1.807) is 12.1 Å². The molecule has 3 N–H and O–H groups in total. The Bertz CT molecular complexity index is 1500. The molecule has 1 amide bonds. The van der Waals surface area contributed by atoms with Gasteiger partial charge in [-0.1, -0.05) is 12.1 Å². The van der Waals surface area contributed by atoms with Gasteiger partial charge in [0.05, 0.1) is 6.04 Å². The Balaban J connectivity index is 1.31. The van der Waals surface area contributed by atoms with Crippen LogP contribution in [0.3, 0.4) is 0 Å². The first-order valence-electron chi connectivity index (χ1n) is 12.3. The van der Waals surface area contributed by atoms with E-state index in [0.29, 0.717) is 43.9 Å². The summed E-state index contributed by atoms with van der Waals surface area (Å²) in [5.74, 6) is -0.507. The third kappa shape index (κ3) is 5.69. The molecule has 5 rings (SSSR count). The number of rotatable bonds is 10. The summed E-state index contributed by atoms with van der Waals surface area (Å²) in [5, 5.41) is 19.3. The monoisotopic (exact) mass is 529 g/mol. The van der Waals surface area contributed by atoms with Crippen molar-refractivity contribution in [2.24, 2.45) is 0 Å². The number of amides is 1. The summed E-state index contributed by atoms with van der Waals surface area (Å²) in [4.78, 5) is 30.7. The second-order valence-electron chi connectivity index (χ2n) is 9.08. The van der Waals surface area contributed by atoms with Crippen LogP contribution in [0.4, 0.5) is 0 Å². The largest absolute Gasteiger partial charge is 0.482 e. The van der Waals surface area contributed by atoms with Crippen LogP contribution in [0.5, 0.6) is 5.75 Å². The number of nitriles is 1.